The Morgan fingerprint density at radius 2 is 1.50 bits per heavy atom. The van der Waals surface area contributed by atoms with Gasteiger partial charge in [0.05, 0.1) is 5.92 Å². The predicted octanol–water partition coefficient (Wildman–Crippen LogP) is 2.34. The molecule has 12 heteroatoms. The first-order valence-corrected chi connectivity index (χ1v) is 16.8. The molecule has 0 saturated carbocycles. The fourth-order valence-electron chi connectivity index (χ4n) is 6.19. The van der Waals surface area contributed by atoms with Gasteiger partial charge in [-0.05, 0) is 62.1 Å². The first-order valence-electron chi connectivity index (χ1n) is 16.8. The molecule has 0 aromatic heterocycles. The number of hydrogen-bond acceptors (Lipinski definition) is 9. The number of likely N-dealkylation sites (tertiary alicyclic amines) is 1. The van der Waals surface area contributed by atoms with E-state index in [2.05, 4.69) is 0 Å². The van der Waals surface area contributed by atoms with E-state index in [9.17, 15) is 29.1 Å². The normalized spacial score (nSPS) is 16.9. The number of aliphatic carboxylic acids is 1. The molecule has 1 heterocycles. The van der Waals surface area contributed by atoms with Crippen LogP contribution in [0.25, 0.3) is 0 Å². The molecule has 1 fully saturated rings. The number of piperidine rings is 1. The summed E-state index contributed by atoms with van der Waals surface area (Å²) < 4.78 is 0. The van der Waals surface area contributed by atoms with Crippen LogP contribution >= 0.6 is 0 Å². The molecule has 48 heavy (non-hydrogen) atoms. The summed E-state index contributed by atoms with van der Waals surface area (Å²) in [6.45, 7) is 4.30. The maximum absolute atomic E-state index is 14.4. The summed E-state index contributed by atoms with van der Waals surface area (Å²) in [5.41, 5.74) is 18.2. The highest BCUT2D eigenvalue weighted by molar-refractivity contribution is 6.07. The monoisotopic (exact) mass is 664 g/mol. The van der Waals surface area contributed by atoms with Gasteiger partial charge in [-0.15, -0.1) is 0 Å². The van der Waals surface area contributed by atoms with Gasteiger partial charge in [0.25, 0.3) is 0 Å². The van der Waals surface area contributed by atoms with Crippen LogP contribution in [0.5, 0.6) is 0 Å². The summed E-state index contributed by atoms with van der Waals surface area (Å²) in [4.78, 5) is 69.5. The molecule has 0 bridgehead atoms. The van der Waals surface area contributed by atoms with E-state index >= 15 is 0 Å². The van der Waals surface area contributed by atoms with Crippen molar-refractivity contribution >= 4 is 29.4 Å². The Morgan fingerprint density at radius 3 is 2.04 bits per heavy atom. The van der Waals surface area contributed by atoms with E-state index in [1.807, 2.05) is 74.5 Å². The number of nitrogens with zero attached hydrogens (tertiary/aromatic N) is 2. The fourth-order valence-corrected chi connectivity index (χ4v) is 6.19. The molecule has 0 aliphatic carbocycles. The van der Waals surface area contributed by atoms with Gasteiger partial charge in [-0.1, -0.05) is 80.9 Å². The average molecular weight is 665 g/mol. The molecule has 0 radical (unpaired) electrons. The number of carboxylic acid groups (broad SMARTS) is 1. The molecule has 1 saturated heterocycles. The zero-order valence-corrected chi connectivity index (χ0v) is 28.1. The Bertz CT molecular complexity index is 1380. The van der Waals surface area contributed by atoms with Crippen molar-refractivity contribution in [3.63, 3.8) is 0 Å². The Hall–Kier alpha value is -3.97. The number of nitrogens with two attached hydrogens (primary N) is 4. The first-order chi connectivity index (χ1) is 22.8. The van der Waals surface area contributed by atoms with Crippen molar-refractivity contribution in [2.75, 3.05) is 19.6 Å². The summed E-state index contributed by atoms with van der Waals surface area (Å²) in [6, 6.07) is 16.4. The highest BCUT2D eigenvalue weighted by atomic mass is 16.4. The first kappa shape index (κ1) is 38.5. The zero-order chi connectivity index (χ0) is 35.4. The number of unbranched alkanes of at least 4 members (excludes halogenated alkanes) is 1. The summed E-state index contributed by atoms with van der Waals surface area (Å²) in [7, 11) is 0. The SMILES string of the molecule is CC(C)C[C@H](C(=O)[C@@H](CCCCN)C(=O)N1CCC(N)(C(=O)O)CC1)N(N)C(=O)[C@H](Cc1ccccc1)C(=O)C[C@@H](N)c1ccccc1. The Morgan fingerprint density at radius 1 is 0.917 bits per heavy atom. The van der Waals surface area contributed by atoms with Crippen LogP contribution in [-0.2, 0) is 30.4 Å². The molecule has 262 valence electrons. The van der Waals surface area contributed by atoms with E-state index < -0.39 is 58.8 Å². The van der Waals surface area contributed by atoms with Gasteiger partial charge >= 0.3 is 5.97 Å². The van der Waals surface area contributed by atoms with E-state index in [1.165, 1.54) is 4.90 Å². The standard InChI is InChI=1S/C36H52N6O6/c1-24(2)21-30(32(44)27(15-9-10-18-37)33(45)41-19-16-36(39,17-20-41)35(47)48)42(40)34(46)28(22-25-11-5-3-6-12-25)31(43)23-29(38)26-13-7-4-8-14-26/h3-8,11-14,24,27-30H,9-10,15-23,37-40H2,1-2H3,(H,47,48)/t27-,28-,29-,30-/m1/s1. The lowest BCUT2D eigenvalue weighted by Gasteiger charge is -2.38. The van der Waals surface area contributed by atoms with Crippen LogP contribution in [0.4, 0.5) is 0 Å². The summed E-state index contributed by atoms with van der Waals surface area (Å²) in [5, 5.41) is 10.4. The predicted molar refractivity (Wildman–Crippen MR) is 183 cm³/mol. The Labute approximate surface area is 283 Å². The van der Waals surface area contributed by atoms with Gasteiger partial charge in [-0.2, -0.15) is 0 Å². The van der Waals surface area contributed by atoms with Crippen molar-refractivity contribution in [3.8, 4) is 0 Å². The number of Topliss-reactive ketones (excluding diaryl/α,β-unsaturated/α-hetero) is 2. The molecule has 12 nitrogen and oxygen atoms in total. The Balaban J connectivity index is 1.91. The maximum atomic E-state index is 14.4. The van der Waals surface area contributed by atoms with Crippen LogP contribution in [-0.4, -0.2) is 75.6 Å². The molecule has 2 aromatic rings. The smallest absolute Gasteiger partial charge is 0.323 e. The maximum Gasteiger partial charge on any atom is 0.323 e. The van der Waals surface area contributed by atoms with Gasteiger partial charge in [0, 0.05) is 25.6 Å². The molecular formula is C36H52N6O6. The number of carboxylic acids is 1. The minimum Gasteiger partial charge on any atom is -0.480 e. The Kier molecular flexibility index (Phi) is 14.4. The second-order valence-electron chi connectivity index (χ2n) is 13.3. The second kappa shape index (κ2) is 18.0. The number of carbonyl (C=O) groups is 5. The molecule has 2 amide bonds. The van der Waals surface area contributed by atoms with Crippen molar-refractivity contribution in [1.29, 1.82) is 0 Å². The highest BCUT2D eigenvalue weighted by Gasteiger charge is 2.44. The molecule has 0 spiro atoms. The van der Waals surface area contributed by atoms with Crippen molar-refractivity contribution in [3.05, 3.63) is 71.8 Å². The van der Waals surface area contributed by atoms with Gasteiger partial charge in [-0.25, -0.2) is 5.84 Å². The lowest BCUT2D eigenvalue weighted by Crippen LogP contribution is -2.59. The number of ketones is 2. The second-order valence-corrected chi connectivity index (χ2v) is 13.3. The molecule has 4 atom stereocenters. The third kappa shape index (κ3) is 10.3. The lowest BCUT2D eigenvalue weighted by molar-refractivity contribution is -0.154. The van der Waals surface area contributed by atoms with E-state index in [4.69, 9.17) is 23.0 Å². The van der Waals surface area contributed by atoms with Gasteiger partial charge in [-0.3, -0.25) is 29.0 Å². The van der Waals surface area contributed by atoms with Gasteiger partial charge in [0.1, 0.15) is 23.3 Å². The number of rotatable bonds is 18. The third-order valence-corrected chi connectivity index (χ3v) is 9.21. The third-order valence-electron chi connectivity index (χ3n) is 9.21. The van der Waals surface area contributed by atoms with Crippen molar-refractivity contribution in [2.45, 2.75) is 82.8 Å². The van der Waals surface area contributed by atoms with Gasteiger partial charge in [0.2, 0.25) is 11.8 Å². The summed E-state index contributed by atoms with van der Waals surface area (Å²) in [5.74, 6) is 0.875. The van der Waals surface area contributed by atoms with Crippen LogP contribution in [0.1, 0.15) is 76.0 Å². The van der Waals surface area contributed by atoms with Gasteiger partial charge in [0.15, 0.2) is 5.78 Å². The van der Waals surface area contributed by atoms with Crippen molar-refractivity contribution < 1.29 is 29.1 Å². The minimum atomic E-state index is -1.44. The van der Waals surface area contributed by atoms with Crippen LogP contribution in [0, 0.1) is 17.8 Å². The number of benzene rings is 2. The summed E-state index contributed by atoms with van der Waals surface area (Å²) >= 11 is 0. The van der Waals surface area contributed by atoms with Crippen LogP contribution in [0.3, 0.4) is 0 Å². The highest BCUT2D eigenvalue weighted by Crippen LogP contribution is 2.27. The largest absolute Gasteiger partial charge is 0.480 e. The molecule has 1 aliphatic rings. The van der Waals surface area contributed by atoms with E-state index in [-0.39, 0.29) is 57.5 Å². The topological polar surface area (TPSA) is 216 Å². The van der Waals surface area contributed by atoms with Crippen molar-refractivity contribution in [2.24, 2.45) is 40.8 Å². The molecule has 3 rings (SSSR count). The quantitative estimate of drug-likeness (QED) is 0.0515. The summed E-state index contributed by atoms with van der Waals surface area (Å²) in [6.07, 6.45) is 1.46. The molecule has 2 aromatic carbocycles. The number of hydrogen-bond donors (Lipinski definition) is 5. The number of hydrazine groups is 1. The van der Waals surface area contributed by atoms with E-state index in [0.717, 1.165) is 16.1 Å². The van der Waals surface area contributed by atoms with Crippen molar-refractivity contribution in [1.82, 2.24) is 9.91 Å². The number of amides is 2. The van der Waals surface area contributed by atoms with Crippen LogP contribution in [0.15, 0.2) is 60.7 Å². The molecule has 9 N–H and O–H groups in total. The minimum absolute atomic E-state index is 0.0447. The van der Waals surface area contributed by atoms with Crippen LogP contribution < -0.4 is 23.0 Å². The van der Waals surface area contributed by atoms with Gasteiger partial charge < -0.3 is 27.2 Å². The van der Waals surface area contributed by atoms with E-state index in [1.54, 1.807) is 0 Å². The number of carbonyl (C=O) groups excluding carboxylic acids is 4. The average Bonchev–Trinajstić information content (AvgIpc) is 3.08. The fraction of sp³-hybridized carbons (Fsp3) is 0.528. The lowest BCUT2D eigenvalue weighted by atomic mass is 9.84. The molecule has 1 aliphatic heterocycles. The van der Waals surface area contributed by atoms with E-state index in [0.29, 0.717) is 19.4 Å². The molecular weight excluding hydrogens is 612 g/mol. The van der Waals surface area contributed by atoms with Crippen LogP contribution in [0.2, 0.25) is 0 Å². The molecule has 0 unspecified atom stereocenters. The zero-order valence-electron chi connectivity index (χ0n) is 28.1.